The van der Waals surface area contributed by atoms with Crippen LogP contribution >= 0.6 is 0 Å². The van der Waals surface area contributed by atoms with Gasteiger partial charge in [-0.2, -0.15) is 0 Å². The van der Waals surface area contributed by atoms with Gasteiger partial charge in [-0.25, -0.2) is 9.78 Å². The summed E-state index contributed by atoms with van der Waals surface area (Å²) in [6, 6.07) is 5.42. The molecular weight excluding hydrogens is 412 g/mol. The van der Waals surface area contributed by atoms with E-state index in [-0.39, 0.29) is 17.3 Å². The number of aliphatic hydroxyl groups is 1. The van der Waals surface area contributed by atoms with Crippen molar-refractivity contribution >= 4 is 14.3 Å². The number of hydrogen-bond donors (Lipinski definition) is 2. The molecule has 166 valence electrons. The number of fused-ring (bicyclic) bond motifs is 3. The quantitative estimate of drug-likeness (QED) is 0.553. The number of aromatic carboxylic acids is 1. The maximum atomic E-state index is 11.3. The number of carbonyl (C=O) groups is 1. The predicted molar refractivity (Wildman–Crippen MR) is 121 cm³/mol. The minimum atomic E-state index is -2.00. The average molecular weight is 443 g/mol. The smallest absolute Gasteiger partial charge is 0.356 e. The third-order valence-electron chi connectivity index (χ3n) is 5.80. The Morgan fingerprint density at radius 1 is 1.32 bits per heavy atom. The van der Waals surface area contributed by atoms with Gasteiger partial charge in [0.2, 0.25) is 0 Å². The molecule has 1 aliphatic rings. The fraction of sp³-hybridized carbons (Fsp3) is 0.478. The summed E-state index contributed by atoms with van der Waals surface area (Å²) in [7, 11) is -2.00. The molecule has 0 amide bonds. The highest BCUT2D eigenvalue weighted by Crippen LogP contribution is 2.37. The number of imidazole rings is 1. The Morgan fingerprint density at radius 2 is 2.03 bits per heavy atom. The number of rotatable bonds is 4. The fourth-order valence-electron chi connectivity index (χ4n) is 2.85. The molecule has 0 radical (unpaired) electrons. The van der Waals surface area contributed by atoms with Crippen molar-refractivity contribution in [3.05, 3.63) is 35.7 Å². The fourth-order valence-corrected chi connectivity index (χ4v) is 3.92. The van der Waals surface area contributed by atoms with Crippen molar-refractivity contribution in [3.63, 3.8) is 0 Å². The lowest BCUT2D eigenvalue weighted by Gasteiger charge is -2.37. The van der Waals surface area contributed by atoms with Gasteiger partial charge in [0, 0.05) is 11.8 Å². The monoisotopic (exact) mass is 442 g/mol. The minimum absolute atomic E-state index is 0.00921. The van der Waals surface area contributed by atoms with Crippen LogP contribution in [0.1, 0.15) is 43.7 Å². The second-order valence-corrected chi connectivity index (χ2v) is 14.4. The zero-order valence-electron chi connectivity index (χ0n) is 18.9. The van der Waals surface area contributed by atoms with Crippen LogP contribution in [0.15, 0.2) is 24.4 Å². The van der Waals surface area contributed by atoms with E-state index in [1.54, 1.807) is 17.6 Å². The topological polar surface area (TPSA) is 93.8 Å². The molecule has 1 unspecified atom stereocenters. The minimum Gasteiger partial charge on any atom is -0.491 e. The van der Waals surface area contributed by atoms with Crippen molar-refractivity contribution in [2.24, 2.45) is 0 Å². The van der Waals surface area contributed by atoms with Crippen LogP contribution in [0.5, 0.6) is 5.75 Å². The number of carboxylic acid groups (broad SMARTS) is 1. The van der Waals surface area contributed by atoms with Gasteiger partial charge >= 0.3 is 5.97 Å². The highest BCUT2D eigenvalue weighted by atomic mass is 28.4. The lowest BCUT2D eigenvalue weighted by Crippen LogP contribution is -2.45. The van der Waals surface area contributed by atoms with Crippen LogP contribution in [-0.2, 0) is 11.0 Å². The molecule has 3 rings (SSSR count). The second-order valence-electron chi connectivity index (χ2n) is 9.58. The standard InChI is InChI=1S/C23H30N2O5Si/c1-22(2,3)31(5,6)30-15-23(4,28)10-9-16-7-8-19-17(13-16)20-24-18(21(26)27)14-25(20)11-12-29-19/h7-8,13-14,28H,11-12,15H2,1-6H3,(H,26,27). The molecule has 1 aliphatic heterocycles. The Bertz CT molecular complexity index is 1050. The van der Waals surface area contributed by atoms with E-state index >= 15 is 0 Å². The van der Waals surface area contributed by atoms with Crippen LogP contribution in [0.3, 0.4) is 0 Å². The highest BCUT2D eigenvalue weighted by Gasteiger charge is 2.38. The second kappa shape index (κ2) is 8.15. The van der Waals surface area contributed by atoms with Gasteiger partial charge in [0.05, 0.1) is 18.7 Å². The Kier molecular flexibility index (Phi) is 6.06. The molecule has 0 spiro atoms. The van der Waals surface area contributed by atoms with Crippen LogP contribution in [0.2, 0.25) is 18.1 Å². The zero-order valence-corrected chi connectivity index (χ0v) is 19.9. The van der Waals surface area contributed by atoms with Gasteiger partial charge in [0.15, 0.2) is 14.0 Å². The summed E-state index contributed by atoms with van der Waals surface area (Å²) in [6.07, 6.45) is 1.51. The zero-order chi connectivity index (χ0) is 23.0. The molecule has 1 atom stereocenters. The summed E-state index contributed by atoms with van der Waals surface area (Å²) in [5.41, 5.74) is 0.0376. The maximum Gasteiger partial charge on any atom is 0.356 e. The van der Waals surface area contributed by atoms with Gasteiger partial charge in [-0.05, 0) is 43.3 Å². The largest absolute Gasteiger partial charge is 0.491 e. The van der Waals surface area contributed by atoms with Crippen molar-refractivity contribution in [3.8, 4) is 29.0 Å². The number of ether oxygens (including phenoxy) is 1. The maximum absolute atomic E-state index is 11.3. The van der Waals surface area contributed by atoms with E-state index in [9.17, 15) is 15.0 Å². The van der Waals surface area contributed by atoms with Crippen molar-refractivity contribution in [2.75, 3.05) is 13.2 Å². The first-order valence-corrected chi connectivity index (χ1v) is 13.2. The van der Waals surface area contributed by atoms with E-state index in [2.05, 4.69) is 50.7 Å². The molecule has 7 nitrogen and oxygen atoms in total. The lowest BCUT2D eigenvalue weighted by atomic mass is 10.1. The number of benzene rings is 1. The first-order valence-electron chi connectivity index (χ1n) is 10.3. The molecule has 0 saturated carbocycles. The molecular formula is C23H30N2O5Si. The van der Waals surface area contributed by atoms with Crippen molar-refractivity contribution in [1.82, 2.24) is 9.55 Å². The van der Waals surface area contributed by atoms with Gasteiger partial charge in [-0.15, -0.1) is 0 Å². The van der Waals surface area contributed by atoms with E-state index in [0.29, 0.717) is 35.9 Å². The third-order valence-corrected chi connectivity index (χ3v) is 10.3. The number of hydrogen-bond acceptors (Lipinski definition) is 5. The van der Waals surface area contributed by atoms with Gasteiger partial charge in [0.25, 0.3) is 0 Å². The first-order chi connectivity index (χ1) is 14.3. The average Bonchev–Trinajstić information content (AvgIpc) is 3.02. The van der Waals surface area contributed by atoms with E-state index in [4.69, 9.17) is 9.16 Å². The van der Waals surface area contributed by atoms with Crippen LogP contribution in [-0.4, -0.2) is 52.9 Å². The molecule has 2 aromatic rings. The Balaban J connectivity index is 1.86. The van der Waals surface area contributed by atoms with Gasteiger partial charge in [0.1, 0.15) is 23.8 Å². The summed E-state index contributed by atoms with van der Waals surface area (Å²) in [4.78, 5) is 15.6. The molecule has 0 saturated heterocycles. The van der Waals surface area contributed by atoms with Gasteiger partial charge in [-0.1, -0.05) is 32.6 Å². The summed E-state index contributed by atoms with van der Waals surface area (Å²) >= 11 is 0. The molecule has 1 aromatic carbocycles. The van der Waals surface area contributed by atoms with Crippen LogP contribution < -0.4 is 4.74 Å². The summed E-state index contributed by atoms with van der Waals surface area (Å²) in [6.45, 7) is 13.4. The van der Waals surface area contributed by atoms with Crippen molar-refractivity contribution in [1.29, 1.82) is 0 Å². The Morgan fingerprint density at radius 3 is 2.68 bits per heavy atom. The molecule has 0 aliphatic carbocycles. The Hall–Kier alpha value is -2.60. The molecule has 1 aromatic heterocycles. The van der Waals surface area contributed by atoms with Gasteiger partial charge in [-0.3, -0.25) is 0 Å². The molecule has 2 N–H and O–H groups in total. The highest BCUT2D eigenvalue weighted by molar-refractivity contribution is 6.74. The molecule has 31 heavy (non-hydrogen) atoms. The van der Waals surface area contributed by atoms with Gasteiger partial charge < -0.3 is 23.9 Å². The SMILES string of the molecule is CC(O)(C#Cc1ccc2c(c1)-c1nc(C(=O)O)cn1CCO2)CO[Si](C)(C)C(C)(C)C. The number of aromatic nitrogens is 2. The van der Waals surface area contributed by atoms with Crippen LogP contribution in [0.4, 0.5) is 0 Å². The summed E-state index contributed by atoms with van der Waals surface area (Å²) in [5, 5.41) is 20.0. The van der Waals surface area contributed by atoms with Crippen LogP contribution in [0.25, 0.3) is 11.4 Å². The number of nitrogens with zero attached hydrogens (tertiary/aromatic N) is 2. The molecule has 0 fully saturated rings. The van der Waals surface area contributed by atoms with Crippen molar-refractivity contribution < 1.29 is 24.2 Å². The first kappa shape index (κ1) is 23.1. The summed E-state index contributed by atoms with van der Waals surface area (Å²) < 4.78 is 13.7. The number of carboxylic acids is 1. The molecule has 8 heteroatoms. The van der Waals surface area contributed by atoms with Crippen LogP contribution in [0, 0.1) is 11.8 Å². The summed E-state index contributed by atoms with van der Waals surface area (Å²) in [5.74, 6) is 6.01. The Labute approximate surface area is 184 Å². The molecule has 0 bridgehead atoms. The van der Waals surface area contributed by atoms with E-state index in [0.717, 1.165) is 0 Å². The van der Waals surface area contributed by atoms with E-state index < -0.39 is 19.9 Å². The van der Waals surface area contributed by atoms with E-state index in [1.807, 2.05) is 12.1 Å². The molecule has 2 heterocycles. The predicted octanol–water partition coefficient (Wildman–Crippen LogP) is 3.77. The van der Waals surface area contributed by atoms with Crippen molar-refractivity contribution in [2.45, 2.75) is 58.0 Å². The normalized spacial score (nSPS) is 15.5. The van der Waals surface area contributed by atoms with E-state index in [1.165, 1.54) is 6.20 Å². The lowest BCUT2D eigenvalue weighted by molar-refractivity contribution is 0.0567. The third kappa shape index (κ3) is 5.18.